The largest absolute Gasteiger partial charge is 0.416 e. The fraction of sp³-hybridized carbons (Fsp3) is 0.750. The molecular weight excluding hydrogens is 410 g/mol. The molecule has 6 heteroatoms. The van der Waals surface area contributed by atoms with Gasteiger partial charge < -0.3 is 13.9 Å². The molecule has 0 spiro atoms. The van der Waals surface area contributed by atoms with Gasteiger partial charge in [0, 0.05) is 35.5 Å². The Morgan fingerprint density at radius 2 is 2.08 bits per heavy atom. The summed E-state index contributed by atoms with van der Waals surface area (Å²) in [6, 6.07) is 4.13. The summed E-state index contributed by atoms with van der Waals surface area (Å²) in [6.07, 6.45) is 6.05. The molecule has 1 aliphatic rings. The molecule has 0 saturated carbocycles. The molecule has 2 unspecified atom stereocenters. The Morgan fingerprint density at radius 3 is 2.65 bits per heavy atom. The number of nitrogens with zero attached hydrogens (tertiary/aromatic N) is 1. The van der Waals surface area contributed by atoms with Crippen molar-refractivity contribution >= 4 is 24.2 Å². The normalized spacial score (nSPS) is 20.2. The number of aromatic nitrogens is 1. The van der Waals surface area contributed by atoms with E-state index in [0.717, 1.165) is 36.0 Å². The van der Waals surface area contributed by atoms with Crippen molar-refractivity contribution in [3.05, 3.63) is 28.5 Å². The highest BCUT2D eigenvalue weighted by Gasteiger charge is 2.37. The lowest BCUT2D eigenvalue weighted by molar-refractivity contribution is -0.163. The van der Waals surface area contributed by atoms with E-state index < -0.39 is 8.32 Å². The molecule has 0 amide bonds. The number of rotatable bonds is 8. The average molecular weight is 444 g/mol. The smallest absolute Gasteiger partial charge is 0.192 e. The summed E-state index contributed by atoms with van der Waals surface area (Å²) < 4.78 is 19.1. The van der Waals surface area contributed by atoms with Gasteiger partial charge in [0.25, 0.3) is 0 Å². The molecule has 0 bridgehead atoms. The molecule has 26 heavy (non-hydrogen) atoms. The third-order valence-electron chi connectivity index (χ3n) is 5.53. The van der Waals surface area contributed by atoms with E-state index in [1.54, 1.807) is 0 Å². The molecule has 1 aromatic rings. The lowest BCUT2D eigenvalue weighted by atomic mass is 10.0. The Morgan fingerprint density at radius 1 is 1.31 bits per heavy atom. The number of pyridine rings is 1. The Labute approximate surface area is 168 Å². The molecule has 1 saturated heterocycles. The van der Waals surface area contributed by atoms with E-state index in [1.807, 2.05) is 12.3 Å². The quantitative estimate of drug-likeness (QED) is 0.470. The van der Waals surface area contributed by atoms with Crippen LogP contribution in [0.5, 0.6) is 0 Å². The van der Waals surface area contributed by atoms with Crippen molar-refractivity contribution < 1.29 is 13.9 Å². The van der Waals surface area contributed by atoms with E-state index in [2.05, 4.69) is 60.8 Å². The third kappa shape index (κ3) is 6.71. The van der Waals surface area contributed by atoms with Crippen LogP contribution >= 0.6 is 15.9 Å². The first-order valence-corrected chi connectivity index (χ1v) is 13.4. The molecule has 0 aromatic carbocycles. The molecule has 0 aliphatic carbocycles. The zero-order valence-electron chi connectivity index (χ0n) is 16.9. The van der Waals surface area contributed by atoms with Crippen molar-refractivity contribution in [3.63, 3.8) is 0 Å². The van der Waals surface area contributed by atoms with E-state index in [4.69, 9.17) is 13.9 Å². The summed E-state index contributed by atoms with van der Waals surface area (Å²) in [5.74, 6) is 0.237. The van der Waals surface area contributed by atoms with Crippen molar-refractivity contribution in [2.75, 3.05) is 19.8 Å². The van der Waals surface area contributed by atoms with Crippen molar-refractivity contribution in [1.82, 2.24) is 4.98 Å². The van der Waals surface area contributed by atoms with Gasteiger partial charge in [-0.25, -0.2) is 0 Å². The fourth-order valence-electron chi connectivity index (χ4n) is 2.66. The van der Waals surface area contributed by atoms with Gasteiger partial charge in [-0.15, -0.1) is 0 Å². The Kier molecular flexibility index (Phi) is 8.28. The summed E-state index contributed by atoms with van der Waals surface area (Å²) in [7, 11) is -1.79. The molecule has 148 valence electrons. The van der Waals surface area contributed by atoms with Gasteiger partial charge in [0.05, 0.1) is 6.61 Å². The zero-order chi connectivity index (χ0) is 19.2. The van der Waals surface area contributed by atoms with Gasteiger partial charge in [0.2, 0.25) is 0 Å². The first-order valence-electron chi connectivity index (χ1n) is 9.68. The molecule has 2 heterocycles. The molecular formula is C20H34BrNO3Si. The summed E-state index contributed by atoms with van der Waals surface area (Å²) in [6.45, 7) is 13.6. The lowest BCUT2D eigenvalue weighted by Gasteiger charge is -2.37. The van der Waals surface area contributed by atoms with Crippen molar-refractivity contribution in [1.29, 1.82) is 0 Å². The van der Waals surface area contributed by atoms with E-state index in [1.165, 1.54) is 6.42 Å². The van der Waals surface area contributed by atoms with Gasteiger partial charge in [-0.1, -0.05) is 20.8 Å². The van der Waals surface area contributed by atoms with Gasteiger partial charge in [0.15, 0.2) is 14.6 Å². The molecule has 4 nitrogen and oxygen atoms in total. The van der Waals surface area contributed by atoms with Crippen molar-refractivity contribution in [2.24, 2.45) is 0 Å². The average Bonchev–Trinajstić information content (AvgIpc) is 2.59. The van der Waals surface area contributed by atoms with E-state index in [-0.39, 0.29) is 17.2 Å². The van der Waals surface area contributed by atoms with Crippen LogP contribution in [0.2, 0.25) is 18.1 Å². The van der Waals surface area contributed by atoms with E-state index in [0.29, 0.717) is 13.2 Å². The minimum atomic E-state index is -1.79. The van der Waals surface area contributed by atoms with Crippen molar-refractivity contribution in [3.8, 4) is 0 Å². The lowest BCUT2D eigenvalue weighted by Crippen LogP contribution is -2.41. The molecule has 2 atom stereocenters. The molecule has 1 aromatic heterocycles. The highest BCUT2D eigenvalue weighted by Crippen LogP contribution is 2.37. The predicted molar refractivity (Wildman–Crippen MR) is 112 cm³/mol. The van der Waals surface area contributed by atoms with Crippen molar-refractivity contribution in [2.45, 2.75) is 76.8 Å². The summed E-state index contributed by atoms with van der Waals surface area (Å²) in [5, 5.41) is 0.205. The molecule has 1 fully saturated rings. The molecule has 0 radical (unpaired) electrons. The minimum absolute atomic E-state index is 0.0383. The maximum absolute atomic E-state index is 6.48. The van der Waals surface area contributed by atoms with Gasteiger partial charge >= 0.3 is 0 Å². The maximum atomic E-state index is 6.48. The van der Waals surface area contributed by atoms with Gasteiger partial charge in [-0.3, -0.25) is 4.98 Å². The number of hydrogen-bond donors (Lipinski definition) is 0. The van der Waals surface area contributed by atoms with Gasteiger partial charge in [0.1, 0.15) is 0 Å². The SMILES string of the molecule is CC(C)(C)[Si](C)(C)OCC(CCOC1CCCCO1)c1ccc(Br)cn1. The highest BCUT2D eigenvalue weighted by atomic mass is 79.9. The second-order valence-electron chi connectivity index (χ2n) is 8.63. The molecule has 0 N–H and O–H groups in total. The molecule has 1 aliphatic heterocycles. The Bertz CT molecular complexity index is 539. The number of ether oxygens (including phenoxy) is 2. The highest BCUT2D eigenvalue weighted by molar-refractivity contribution is 9.10. The Balaban J connectivity index is 1.96. The fourth-order valence-corrected chi connectivity index (χ4v) is 3.94. The topological polar surface area (TPSA) is 40.6 Å². The second kappa shape index (κ2) is 9.78. The van der Waals surface area contributed by atoms with Crippen LogP contribution in [-0.4, -0.2) is 39.4 Å². The van der Waals surface area contributed by atoms with E-state index >= 15 is 0 Å². The summed E-state index contributed by atoms with van der Waals surface area (Å²) in [5.41, 5.74) is 1.07. The first-order chi connectivity index (χ1) is 12.2. The standard InChI is InChI=1S/C20H34BrNO3Si/c1-20(2,3)26(4,5)25-15-16(18-10-9-17(21)14-22-18)11-13-24-19-8-6-7-12-23-19/h9-10,14,16,19H,6-8,11-13,15H2,1-5H3. The van der Waals surface area contributed by atoms with Crippen LogP contribution < -0.4 is 0 Å². The van der Waals surface area contributed by atoms with Crippen LogP contribution in [0.4, 0.5) is 0 Å². The summed E-state index contributed by atoms with van der Waals surface area (Å²) in [4.78, 5) is 4.61. The number of hydrogen-bond acceptors (Lipinski definition) is 4. The van der Waals surface area contributed by atoms with Crippen LogP contribution in [0.3, 0.4) is 0 Å². The van der Waals surface area contributed by atoms with Gasteiger partial charge in [-0.2, -0.15) is 0 Å². The van der Waals surface area contributed by atoms with E-state index in [9.17, 15) is 0 Å². The first kappa shape index (κ1) is 22.0. The van der Waals surface area contributed by atoms with Crippen LogP contribution in [-0.2, 0) is 13.9 Å². The predicted octanol–water partition coefficient (Wildman–Crippen LogP) is 5.88. The van der Waals surface area contributed by atoms with Crippen LogP contribution in [0.25, 0.3) is 0 Å². The molecule has 2 rings (SSSR count). The van der Waals surface area contributed by atoms with Crippen LogP contribution in [0.1, 0.15) is 58.1 Å². The zero-order valence-corrected chi connectivity index (χ0v) is 19.5. The van der Waals surface area contributed by atoms with Gasteiger partial charge in [-0.05, 0) is 71.9 Å². The monoisotopic (exact) mass is 443 g/mol. The van der Waals surface area contributed by atoms with Crippen LogP contribution in [0.15, 0.2) is 22.8 Å². The maximum Gasteiger partial charge on any atom is 0.192 e. The summed E-state index contributed by atoms with van der Waals surface area (Å²) >= 11 is 3.47. The third-order valence-corrected chi connectivity index (χ3v) is 10.5. The minimum Gasteiger partial charge on any atom is -0.416 e. The number of halogens is 1. The Hall–Kier alpha value is -0.273. The second-order valence-corrected chi connectivity index (χ2v) is 14.4. The van der Waals surface area contributed by atoms with Crippen LogP contribution in [0, 0.1) is 0 Å².